The van der Waals surface area contributed by atoms with Gasteiger partial charge in [-0.15, -0.1) is 0 Å². The molecule has 2 N–H and O–H groups in total. The fraction of sp³-hybridized carbons (Fsp3) is 0.357. The lowest BCUT2D eigenvalue weighted by Gasteiger charge is -2.21. The molecule has 1 atom stereocenters. The molecule has 7 heteroatoms. The number of hydrogen-bond donors (Lipinski definition) is 2. The Labute approximate surface area is 120 Å². The summed E-state index contributed by atoms with van der Waals surface area (Å²) in [6.45, 7) is 2.36. The highest BCUT2D eigenvalue weighted by atomic mass is 16.4. The summed E-state index contributed by atoms with van der Waals surface area (Å²) >= 11 is 0. The SMILES string of the molecule is CC(CN(C)C)n1c(=O)c(=O)[nH]c2c(C(=O)O)cccc21. The van der Waals surface area contributed by atoms with E-state index in [1.54, 1.807) is 12.1 Å². The predicted molar refractivity (Wildman–Crippen MR) is 79.1 cm³/mol. The number of nitrogens with zero attached hydrogens (tertiary/aromatic N) is 2. The topological polar surface area (TPSA) is 95.4 Å². The number of carboxylic acids is 1. The fourth-order valence-corrected chi connectivity index (χ4v) is 2.48. The Morgan fingerprint density at radius 1 is 1.38 bits per heavy atom. The van der Waals surface area contributed by atoms with E-state index < -0.39 is 17.1 Å². The van der Waals surface area contributed by atoms with Gasteiger partial charge >= 0.3 is 17.1 Å². The molecule has 0 bridgehead atoms. The quantitative estimate of drug-likeness (QED) is 0.800. The van der Waals surface area contributed by atoms with Crippen molar-refractivity contribution in [2.75, 3.05) is 20.6 Å². The summed E-state index contributed by atoms with van der Waals surface area (Å²) in [5.41, 5.74) is -0.953. The highest BCUT2D eigenvalue weighted by molar-refractivity contribution is 6.00. The maximum absolute atomic E-state index is 12.1. The Morgan fingerprint density at radius 3 is 2.62 bits per heavy atom. The highest BCUT2D eigenvalue weighted by Gasteiger charge is 2.17. The van der Waals surface area contributed by atoms with Crippen LogP contribution in [0.25, 0.3) is 11.0 Å². The molecule has 0 spiro atoms. The van der Waals surface area contributed by atoms with Crippen molar-refractivity contribution in [3.63, 3.8) is 0 Å². The van der Waals surface area contributed by atoms with Gasteiger partial charge in [-0.1, -0.05) is 6.07 Å². The van der Waals surface area contributed by atoms with Gasteiger partial charge < -0.3 is 15.0 Å². The monoisotopic (exact) mass is 291 g/mol. The first kappa shape index (κ1) is 15.0. The van der Waals surface area contributed by atoms with E-state index in [-0.39, 0.29) is 17.1 Å². The molecular weight excluding hydrogens is 274 g/mol. The Kier molecular flexibility index (Phi) is 3.95. The Morgan fingerprint density at radius 2 is 2.05 bits per heavy atom. The number of likely N-dealkylation sites (N-methyl/N-ethyl adjacent to an activating group) is 1. The van der Waals surface area contributed by atoms with Crippen LogP contribution in [0, 0.1) is 0 Å². The summed E-state index contributed by atoms with van der Waals surface area (Å²) in [6.07, 6.45) is 0. The van der Waals surface area contributed by atoms with Crippen LogP contribution in [0.15, 0.2) is 27.8 Å². The van der Waals surface area contributed by atoms with E-state index in [0.717, 1.165) is 0 Å². The van der Waals surface area contributed by atoms with Crippen molar-refractivity contribution in [2.45, 2.75) is 13.0 Å². The third kappa shape index (κ3) is 2.73. The minimum absolute atomic E-state index is 0.0320. The number of aromatic nitrogens is 2. The fourth-order valence-electron chi connectivity index (χ4n) is 2.48. The maximum atomic E-state index is 12.1. The first-order valence-corrected chi connectivity index (χ1v) is 6.48. The predicted octanol–water partition coefficient (Wildman–Crippen LogP) is 0.511. The molecule has 1 aromatic carbocycles. The van der Waals surface area contributed by atoms with Crippen LogP contribution < -0.4 is 11.1 Å². The second-order valence-corrected chi connectivity index (χ2v) is 5.25. The summed E-state index contributed by atoms with van der Waals surface area (Å²) in [4.78, 5) is 39.5. The van der Waals surface area contributed by atoms with Crippen molar-refractivity contribution in [1.29, 1.82) is 0 Å². The number of benzene rings is 1. The Balaban J connectivity index is 2.83. The highest BCUT2D eigenvalue weighted by Crippen LogP contribution is 2.17. The van der Waals surface area contributed by atoms with E-state index in [2.05, 4.69) is 4.98 Å². The molecular formula is C14H17N3O4. The molecule has 1 unspecified atom stereocenters. The van der Waals surface area contributed by atoms with E-state index in [9.17, 15) is 19.5 Å². The number of hydrogen-bond acceptors (Lipinski definition) is 4. The van der Waals surface area contributed by atoms with Gasteiger partial charge in [0.2, 0.25) is 0 Å². The van der Waals surface area contributed by atoms with Crippen LogP contribution in [0.3, 0.4) is 0 Å². The summed E-state index contributed by atoms with van der Waals surface area (Å²) in [5, 5.41) is 9.20. The molecule has 0 aliphatic heterocycles. The van der Waals surface area contributed by atoms with Gasteiger partial charge in [0, 0.05) is 12.6 Å². The number of H-pyrrole nitrogens is 1. The molecule has 2 aromatic rings. The van der Waals surface area contributed by atoms with Crippen LogP contribution in [-0.4, -0.2) is 46.2 Å². The summed E-state index contributed by atoms with van der Waals surface area (Å²) in [7, 11) is 3.72. The molecule has 1 aromatic heterocycles. The molecule has 0 radical (unpaired) electrons. The number of aromatic carboxylic acids is 1. The lowest BCUT2D eigenvalue weighted by Crippen LogP contribution is -2.40. The second kappa shape index (κ2) is 5.53. The average molecular weight is 291 g/mol. The van der Waals surface area contributed by atoms with Crippen LogP contribution in [-0.2, 0) is 0 Å². The molecule has 0 aliphatic rings. The van der Waals surface area contributed by atoms with Gasteiger partial charge in [-0.3, -0.25) is 14.2 Å². The van der Waals surface area contributed by atoms with Crippen molar-refractivity contribution in [1.82, 2.24) is 14.5 Å². The normalized spacial score (nSPS) is 12.8. The third-order valence-electron chi connectivity index (χ3n) is 3.25. The van der Waals surface area contributed by atoms with Gasteiger partial charge in [0.1, 0.15) is 0 Å². The standard InChI is InChI=1S/C14H17N3O4/c1-8(7-16(2)3)17-10-6-4-5-9(14(20)21)11(10)15-12(18)13(17)19/h4-6,8H,7H2,1-3H3,(H,15,18)(H,20,21). The van der Waals surface area contributed by atoms with Crippen molar-refractivity contribution >= 4 is 17.0 Å². The van der Waals surface area contributed by atoms with Gasteiger partial charge in [-0.2, -0.15) is 0 Å². The summed E-state index contributed by atoms with van der Waals surface area (Å²) in [6, 6.07) is 4.32. The van der Waals surface area contributed by atoms with Crippen LogP contribution in [0.5, 0.6) is 0 Å². The van der Waals surface area contributed by atoms with Crippen molar-refractivity contribution in [3.8, 4) is 0 Å². The van der Waals surface area contributed by atoms with Crippen LogP contribution in [0.4, 0.5) is 0 Å². The molecule has 2 rings (SSSR count). The van der Waals surface area contributed by atoms with Gasteiger partial charge in [0.15, 0.2) is 0 Å². The molecule has 0 saturated carbocycles. The van der Waals surface area contributed by atoms with Crippen molar-refractivity contribution in [3.05, 3.63) is 44.5 Å². The molecule has 0 amide bonds. The summed E-state index contributed by atoms with van der Waals surface area (Å²) in [5.74, 6) is -1.15. The molecule has 1 heterocycles. The molecule has 0 fully saturated rings. The Hall–Kier alpha value is -2.41. The van der Waals surface area contributed by atoms with Crippen LogP contribution in [0.1, 0.15) is 23.3 Å². The number of para-hydroxylation sites is 1. The minimum Gasteiger partial charge on any atom is -0.478 e. The van der Waals surface area contributed by atoms with Gasteiger partial charge in [-0.05, 0) is 33.2 Å². The number of carboxylic acid groups (broad SMARTS) is 1. The van der Waals surface area contributed by atoms with Gasteiger partial charge in [0.25, 0.3) is 0 Å². The number of fused-ring (bicyclic) bond motifs is 1. The lowest BCUT2D eigenvalue weighted by molar-refractivity contribution is 0.0698. The number of nitrogens with one attached hydrogen (secondary N) is 1. The van der Waals surface area contributed by atoms with Crippen LogP contribution in [0.2, 0.25) is 0 Å². The van der Waals surface area contributed by atoms with Crippen molar-refractivity contribution < 1.29 is 9.90 Å². The molecule has 21 heavy (non-hydrogen) atoms. The average Bonchev–Trinajstić information content (AvgIpc) is 2.38. The number of carbonyl (C=O) groups is 1. The van der Waals surface area contributed by atoms with E-state index in [0.29, 0.717) is 12.1 Å². The lowest BCUT2D eigenvalue weighted by atomic mass is 10.1. The molecule has 7 nitrogen and oxygen atoms in total. The maximum Gasteiger partial charge on any atom is 0.337 e. The molecule has 112 valence electrons. The zero-order chi connectivity index (χ0) is 15.7. The number of rotatable bonds is 4. The molecule has 0 saturated heterocycles. The Bertz CT molecular complexity index is 804. The minimum atomic E-state index is -1.15. The first-order valence-electron chi connectivity index (χ1n) is 6.48. The van der Waals surface area contributed by atoms with Gasteiger partial charge in [0.05, 0.1) is 16.6 Å². The second-order valence-electron chi connectivity index (χ2n) is 5.25. The molecule has 0 aliphatic carbocycles. The summed E-state index contributed by atoms with van der Waals surface area (Å²) < 4.78 is 1.35. The third-order valence-corrected chi connectivity index (χ3v) is 3.25. The largest absolute Gasteiger partial charge is 0.478 e. The van der Waals surface area contributed by atoms with Crippen LogP contribution >= 0.6 is 0 Å². The van der Waals surface area contributed by atoms with E-state index in [1.165, 1.54) is 10.6 Å². The van der Waals surface area contributed by atoms with Crippen molar-refractivity contribution in [2.24, 2.45) is 0 Å². The first-order chi connectivity index (χ1) is 9.82. The van der Waals surface area contributed by atoms with E-state index >= 15 is 0 Å². The van der Waals surface area contributed by atoms with Gasteiger partial charge in [-0.25, -0.2) is 4.79 Å². The van der Waals surface area contributed by atoms with E-state index in [4.69, 9.17) is 0 Å². The number of aromatic amines is 1. The zero-order valence-electron chi connectivity index (χ0n) is 12.1. The van der Waals surface area contributed by atoms with E-state index in [1.807, 2.05) is 25.9 Å². The zero-order valence-corrected chi connectivity index (χ0v) is 12.1. The smallest absolute Gasteiger partial charge is 0.337 e.